The Morgan fingerprint density at radius 2 is 2.06 bits per heavy atom. The van der Waals surface area contributed by atoms with Crippen molar-refractivity contribution in [3.05, 3.63) is 15.9 Å². The number of carbonyl (C=O) groups excluding carboxylic acids is 1. The van der Waals surface area contributed by atoms with E-state index < -0.39 is 22.0 Å². The second-order valence-electron chi connectivity index (χ2n) is 3.92. The smallest absolute Gasteiger partial charge is 0.324 e. The molecular formula is C10H14BrNO4S2. The molecular weight excluding hydrogens is 342 g/mol. The van der Waals surface area contributed by atoms with Gasteiger partial charge in [0.15, 0.2) is 0 Å². The van der Waals surface area contributed by atoms with E-state index in [0.717, 1.165) is 11.3 Å². The number of ether oxygens (including phenoxy) is 1. The van der Waals surface area contributed by atoms with Gasteiger partial charge in [-0.25, -0.2) is 8.42 Å². The molecule has 0 aliphatic rings. The van der Waals surface area contributed by atoms with Gasteiger partial charge in [0.1, 0.15) is 10.3 Å². The van der Waals surface area contributed by atoms with Crippen LogP contribution in [-0.4, -0.2) is 27.5 Å². The van der Waals surface area contributed by atoms with Crippen LogP contribution in [-0.2, 0) is 19.6 Å². The first-order chi connectivity index (χ1) is 8.27. The number of rotatable bonds is 5. The Labute approximate surface area is 119 Å². The summed E-state index contributed by atoms with van der Waals surface area (Å²) in [5.74, 6) is -0.792. The van der Waals surface area contributed by atoms with E-state index in [1.165, 1.54) is 13.2 Å². The van der Waals surface area contributed by atoms with Crippen molar-refractivity contribution < 1.29 is 17.9 Å². The molecule has 0 spiro atoms. The van der Waals surface area contributed by atoms with E-state index in [0.29, 0.717) is 3.79 Å². The fraction of sp³-hybridized carbons (Fsp3) is 0.500. The van der Waals surface area contributed by atoms with Gasteiger partial charge >= 0.3 is 5.97 Å². The zero-order valence-electron chi connectivity index (χ0n) is 10.1. The van der Waals surface area contributed by atoms with Gasteiger partial charge in [0.2, 0.25) is 0 Å². The quantitative estimate of drug-likeness (QED) is 0.819. The van der Waals surface area contributed by atoms with Crippen molar-refractivity contribution in [2.45, 2.75) is 24.1 Å². The van der Waals surface area contributed by atoms with Gasteiger partial charge in [-0.15, -0.1) is 11.3 Å². The fourth-order valence-electron chi connectivity index (χ4n) is 1.25. The van der Waals surface area contributed by atoms with Gasteiger partial charge in [-0.05, 0) is 34.0 Å². The highest BCUT2D eigenvalue weighted by Gasteiger charge is 2.29. The standard InChI is InChI=1S/C10H14BrNO4S2/c1-6(2)9(10(13)16-3)12-18(14,15)8-5-4-7(11)17-8/h4-6,9,12H,1-3H3/t9-/m0/s1. The van der Waals surface area contributed by atoms with Crippen LogP contribution in [0.1, 0.15) is 13.8 Å². The van der Waals surface area contributed by atoms with Crippen LogP contribution in [0.5, 0.6) is 0 Å². The molecule has 0 aliphatic carbocycles. The van der Waals surface area contributed by atoms with E-state index in [2.05, 4.69) is 25.4 Å². The lowest BCUT2D eigenvalue weighted by Crippen LogP contribution is -2.44. The Morgan fingerprint density at radius 1 is 1.44 bits per heavy atom. The topological polar surface area (TPSA) is 72.5 Å². The second kappa shape index (κ2) is 6.14. The van der Waals surface area contributed by atoms with Crippen LogP contribution in [0.25, 0.3) is 0 Å². The number of thiophene rings is 1. The maximum Gasteiger partial charge on any atom is 0.324 e. The Kier molecular flexibility index (Phi) is 5.32. The first-order valence-electron chi connectivity index (χ1n) is 5.13. The van der Waals surface area contributed by atoms with Crippen molar-refractivity contribution in [3.8, 4) is 0 Å². The van der Waals surface area contributed by atoms with Crippen molar-refractivity contribution in [1.82, 2.24) is 4.72 Å². The van der Waals surface area contributed by atoms with Gasteiger partial charge in [-0.1, -0.05) is 13.8 Å². The molecule has 1 heterocycles. The van der Waals surface area contributed by atoms with Crippen LogP contribution in [0.3, 0.4) is 0 Å². The first-order valence-corrected chi connectivity index (χ1v) is 8.22. The van der Waals surface area contributed by atoms with Crippen LogP contribution >= 0.6 is 27.3 Å². The van der Waals surface area contributed by atoms with Crippen LogP contribution in [0.2, 0.25) is 0 Å². The van der Waals surface area contributed by atoms with E-state index >= 15 is 0 Å². The average molecular weight is 356 g/mol. The summed E-state index contributed by atoms with van der Waals surface area (Å²) in [6.07, 6.45) is 0. The maximum atomic E-state index is 12.1. The third-order valence-corrected chi connectivity index (χ3v) is 5.77. The van der Waals surface area contributed by atoms with Crippen molar-refractivity contribution in [2.24, 2.45) is 5.92 Å². The predicted molar refractivity (Wildman–Crippen MR) is 73.0 cm³/mol. The van der Waals surface area contributed by atoms with E-state index in [-0.39, 0.29) is 10.1 Å². The minimum Gasteiger partial charge on any atom is -0.468 e. The highest BCUT2D eigenvalue weighted by molar-refractivity contribution is 9.11. The minimum atomic E-state index is -3.70. The number of sulfonamides is 1. The van der Waals surface area contributed by atoms with Gasteiger partial charge in [-0.2, -0.15) is 4.72 Å². The van der Waals surface area contributed by atoms with Crippen molar-refractivity contribution in [2.75, 3.05) is 7.11 Å². The molecule has 1 N–H and O–H groups in total. The highest BCUT2D eigenvalue weighted by Crippen LogP contribution is 2.26. The third kappa shape index (κ3) is 3.78. The van der Waals surface area contributed by atoms with Gasteiger partial charge < -0.3 is 4.74 Å². The van der Waals surface area contributed by atoms with Gasteiger partial charge in [0.25, 0.3) is 10.0 Å². The summed E-state index contributed by atoms with van der Waals surface area (Å²) in [7, 11) is -2.47. The number of nitrogens with one attached hydrogen (secondary N) is 1. The molecule has 0 aliphatic heterocycles. The number of hydrogen-bond acceptors (Lipinski definition) is 5. The number of hydrogen-bond donors (Lipinski definition) is 1. The molecule has 18 heavy (non-hydrogen) atoms. The Hall–Kier alpha value is -0.440. The monoisotopic (exact) mass is 355 g/mol. The van der Waals surface area contributed by atoms with Crippen molar-refractivity contribution >= 4 is 43.3 Å². The molecule has 0 bridgehead atoms. The third-order valence-electron chi connectivity index (χ3n) is 2.22. The molecule has 1 aromatic rings. The van der Waals surface area contributed by atoms with Gasteiger partial charge in [-0.3, -0.25) is 4.79 Å². The summed E-state index contributed by atoms with van der Waals surface area (Å²) in [5.41, 5.74) is 0. The lowest BCUT2D eigenvalue weighted by Gasteiger charge is -2.19. The summed E-state index contributed by atoms with van der Waals surface area (Å²) in [6, 6.07) is 2.23. The van der Waals surface area contributed by atoms with Crippen molar-refractivity contribution in [1.29, 1.82) is 0 Å². The number of halogens is 1. The molecule has 0 saturated heterocycles. The zero-order chi connectivity index (χ0) is 13.9. The molecule has 1 rings (SSSR count). The summed E-state index contributed by atoms with van der Waals surface area (Å²) >= 11 is 4.28. The fourth-order valence-corrected chi connectivity index (χ4v) is 4.61. The van der Waals surface area contributed by atoms with Crippen LogP contribution < -0.4 is 4.72 Å². The molecule has 0 fully saturated rings. The van der Waals surface area contributed by atoms with Crippen LogP contribution in [0.15, 0.2) is 20.1 Å². The molecule has 0 saturated carbocycles. The van der Waals surface area contributed by atoms with Crippen molar-refractivity contribution in [3.63, 3.8) is 0 Å². The van der Waals surface area contributed by atoms with Gasteiger partial charge in [0.05, 0.1) is 10.9 Å². The molecule has 0 unspecified atom stereocenters. The Morgan fingerprint density at radius 3 is 2.44 bits per heavy atom. The molecule has 8 heteroatoms. The number of methoxy groups -OCH3 is 1. The van der Waals surface area contributed by atoms with E-state index in [9.17, 15) is 13.2 Å². The summed E-state index contributed by atoms with van der Waals surface area (Å²) in [6.45, 7) is 3.49. The molecule has 5 nitrogen and oxygen atoms in total. The molecule has 0 aromatic carbocycles. The SMILES string of the molecule is COC(=O)[C@@H](NS(=O)(=O)c1ccc(Br)s1)C(C)C. The maximum absolute atomic E-state index is 12.1. The van der Waals surface area contributed by atoms with E-state index in [1.807, 2.05) is 0 Å². The molecule has 0 radical (unpaired) electrons. The molecule has 0 amide bonds. The highest BCUT2D eigenvalue weighted by atomic mass is 79.9. The molecule has 102 valence electrons. The number of carbonyl (C=O) groups is 1. The molecule has 1 aromatic heterocycles. The largest absolute Gasteiger partial charge is 0.468 e. The summed E-state index contributed by atoms with van der Waals surface area (Å²) in [5, 5.41) is 0. The normalized spacial score (nSPS) is 13.6. The van der Waals surface area contributed by atoms with Crippen LogP contribution in [0.4, 0.5) is 0 Å². The lowest BCUT2D eigenvalue weighted by molar-refractivity contribution is -0.143. The summed E-state index contributed by atoms with van der Waals surface area (Å²) < 4.78 is 31.9. The lowest BCUT2D eigenvalue weighted by atomic mass is 10.1. The Bertz CT molecular complexity index is 524. The first kappa shape index (κ1) is 15.6. The average Bonchev–Trinajstić information content (AvgIpc) is 2.72. The minimum absolute atomic E-state index is 0.156. The van der Waals surface area contributed by atoms with Crippen LogP contribution in [0, 0.1) is 5.92 Å². The van der Waals surface area contributed by atoms with E-state index in [4.69, 9.17) is 0 Å². The zero-order valence-corrected chi connectivity index (χ0v) is 13.4. The van der Waals surface area contributed by atoms with Gasteiger partial charge in [0, 0.05) is 0 Å². The predicted octanol–water partition coefficient (Wildman–Crippen LogP) is 1.99. The second-order valence-corrected chi connectivity index (χ2v) is 8.33. The Balaban J connectivity index is 2.97. The summed E-state index contributed by atoms with van der Waals surface area (Å²) in [4.78, 5) is 11.5. The number of esters is 1. The van der Waals surface area contributed by atoms with E-state index in [1.54, 1.807) is 19.9 Å². The molecule has 1 atom stereocenters.